The van der Waals surface area contributed by atoms with Gasteiger partial charge in [-0.25, -0.2) is 12.8 Å². The fourth-order valence-electron chi connectivity index (χ4n) is 5.04. The molecule has 3 aromatic carbocycles. The number of amides is 2. The van der Waals surface area contributed by atoms with E-state index < -0.39 is 16.1 Å². The van der Waals surface area contributed by atoms with Gasteiger partial charge in [0.15, 0.2) is 0 Å². The third kappa shape index (κ3) is 8.47. The number of hydrogen-bond acceptors (Lipinski definition) is 5. The van der Waals surface area contributed by atoms with Crippen molar-refractivity contribution in [3.8, 4) is 0 Å². The van der Waals surface area contributed by atoms with E-state index in [1.54, 1.807) is 48.4 Å². The number of methoxy groups -OCH3 is 1. The first-order valence-corrected chi connectivity index (χ1v) is 15.7. The van der Waals surface area contributed by atoms with Gasteiger partial charge in [-0.15, -0.1) is 0 Å². The summed E-state index contributed by atoms with van der Waals surface area (Å²) in [6.07, 6.45) is 2.50. The van der Waals surface area contributed by atoms with Gasteiger partial charge in [0.1, 0.15) is 11.9 Å². The maximum Gasteiger partial charge on any atom is 0.243 e. The number of ether oxygens (including phenoxy) is 1. The Morgan fingerprint density at radius 3 is 2.21 bits per heavy atom. The lowest BCUT2D eigenvalue weighted by molar-refractivity contribution is -0.141. The monoisotopic (exact) mass is 595 g/mol. The van der Waals surface area contributed by atoms with E-state index in [1.165, 1.54) is 16.4 Å². The minimum atomic E-state index is -3.52. The van der Waals surface area contributed by atoms with Gasteiger partial charge in [0.25, 0.3) is 0 Å². The van der Waals surface area contributed by atoms with Crippen LogP contribution in [-0.4, -0.2) is 68.8 Å². The summed E-state index contributed by atoms with van der Waals surface area (Å²) < 4.78 is 46.0. The SMILES string of the molecule is COCCNC(=O)[C@@H](Cc1ccccc1)N(Cc1ccc(F)cc1)C(=O)CCc1ccc(S(=O)(=O)N2CCCC2)cc1. The van der Waals surface area contributed by atoms with Crippen LogP contribution in [0.15, 0.2) is 83.8 Å². The summed E-state index contributed by atoms with van der Waals surface area (Å²) in [6.45, 7) is 1.82. The van der Waals surface area contributed by atoms with Crippen LogP contribution in [0.3, 0.4) is 0 Å². The second kappa shape index (κ2) is 15.0. The van der Waals surface area contributed by atoms with Crippen molar-refractivity contribution < 1.29 is 27.1 Å². The van der Waals surface area contributed by atoms with E-state index in [2.05, 4.69) is 5.32 Å². The lowest BCUT2D eigenvalue weighted by Gasteiger charge is -2.31. The largest absolute Gasteiger partial charge is 0.383 e. The van der Waals surface area contributed by atoms with Crippen LogP contribution >= 0.6 is 0 Å². The number of sulfonamides is 1. The molecule has 1 heterocycles. The van der Waals surface area contributed by atoms with E-state index in [9.17, 15) is 22.4 Å². The smallest absolute Gasteiger partial charge is 0.243 e. The molecule has 3 aromatic rings. The lowest BCUT2D eigenvalue weighted by atomic mass is 10.0. The van der Waals surface area contributed by atoms with Gasteiger partial charge in [0, 0.05) is 46.1 Å². The Bertz CT molecular complexity index is 1410. The van der Waals surface area contributed by atoms with Crippen LogP contribution in [0, 0.1) is 5.82 Å². The number of nitrogens with zero attached hydrogens (tertiary/aromatic N) is 2. The van der Waals surface area contributed by atoms with Crippen LogP contribution in [0.4, 0.5) is 4.39 Å². The molecule has 0 aliphatic carbocycles. The van der Waals surface area contributed by atoms with Crippen LogP contribution < -0.4 is 5.32 Å². The van der Waals surface area contributed by atoms with Gasteiger partial charge in [0.2, 0.25) is 21.8 Å². The van der Waals surface area contributed by atoms with Gasteiger partial charge in [-0.05, 0) is 60.2 Å². The second-order valence-corrected chi connectivity index (χ2v) is 12.3. The topological polar surface area (TPSA) is 96.0 Å². The van der Waals surface area contributed by atoms with Gasteiger partial charge in [-0.2, -0.15) is 4.31 Å². The molecule has 1 N–H and O–H groups in total. The highest BCUT2D eigenvalue weighted by Crippen LogP contribution is 2.22. The summed E-state index contributed by atoms with van der Waals surface area (Å²) in [6, 6.07) is 21.2. The van der Waals surface area contributed by atoms with E-state index in [0.29, 0.717) is 44.6 Å². The molecule has 2 amide bonds. The zero-order chi connectivity index (χ0) is 30.0. The van der Waals surface area contributed by atoms with Crippen LogP contribution in [0.5, 0.6) is 0 Å². The van der Waals surface area contributed by atoms with Crippen LogP contribution in [-0.2, 0) is 43.7 Å². The molecule has 0 aromatic heterocycles. The second-order valence-electron chi connectivity index (χ2n) is 10.4. The average molecular weight is 596 g/mol. The molecule has 1 aliphatic rings. The maximum absolute atomic E-state index is 13.8. The molecule has 224 valence electrons. The predicted octanol–water partition coefficient (Wildman–Crippen LogP) is 3.95. The Morgan fingerprint density at radius 2 is 1.57 bits per heavy atom. The van der Waals surface area contributed by atoms with E-state index >= 15 is 0 Å². The van der Waals surface area contributed by atoms with Crippen molar-refractivity contribution in [1.29, 1.82) is 0 Å². The molecule has 8 nitrogen and oxygen atoms in total. The third-order valence-electron chi connectivity index (χ3n) is 7.40. The number of carbonyl (C=O) groups is 2. The average Bonchev–Trinajstić information content (AvgIpc) is 3.56. The zero-order valence-electron chi connectivity index (χ0n) is 23.9. The highest BCUT2D eigenvalue weighted by molar-refractivity contribution is 7.89. The molecular weight excluding hydrogens is 557 g/mol. The molecule has 0 spiro atoms. The zero-order valence-corrected chi connectivity index (χ0v) is 24.7. The van der Waals surface area contributed by atoms with Crippen LogP contribution in [0.1, 0.15) is 36.0 Å². The molecule has 1 fully saturated rings. The predicted molar refractivity (Wildman–Crippen MR) is 159 cm³/mol. The van der Waals surface area contributed by atoms with E-state index in [4.69, 9.17) is 4.74 Å². The van der Waals surface area contributed by atoms with Crippen molar-refractivity contribution in [2.45, 2.75) is 49.6 Å². The molecular formula is C32H38FN3O5S. The highest BCUT2D eigenvalue weighted by atomic mass is 32.2. The number of hydrogen-bond donors (Lipinski definition) is 1. The summed E-state index contributed by atoms with van der Waals surface area (Å²) >= 11 is 0. The standard InChI is InChI=1S/C32H38FN3O5S/c1-41-22-19-34-32(38)30(23-26-7-3-2-4-8-26)36(24-27-9-14-28(33)15-10-27)31(37)18-13-25-11-16-29(17-12-25)42(39,40)35-20-5-6-21-35/h2-4,7-12,14-17,30H,5-6,13,18-24H2,1H3,(H,34,38)/t30-/m1/s1. The first kappa shape index (κ1) is 31.3. The van der Waals surface area contributed by atoms with Crippen LogP contribution in [0.2, 0.25) is 0 Å². The number of rotatable bonds is 14. The fourth-order valence-corrected chi connectivity index (χ4v) is 6.55. The van der Waals surface area contributed by atoms with Gasteiger partial charge < -0.3 is 15.0 Å². The number of benzene rings is 3. The van der Waals surface area contributed by atoms with Crippen molar-refractivity contribution in [3.05, 3.63) is 101 Å². The Balaban J connectivity index is 1.54. The van der Waals surface area contributed by atoms with E-state index in [1.807, 2.05) is 30.3 Å². The van der Waals surface area contributed by atoms with E-state index in [-0.39, 0.29) is 35.5 Å². The van der Waals surface area contributed by atoms with Gasteiger partial charge in [-0.1, -0.05) is 54.6 Å². The molecule has 10 heteroatoms. The maximum atomic E-state index is 13.8. The lowest BCUT2D eigenvalue weighted by Crippen LogP contribution is -2.51. The Morgan fingerprint density at radius 1 is 0.929 bits per heavy atom. The third-order valence-corrected chi connectivity index (χ3v) is 9.31. The minimum absolute atomic E-state index is 0.107. The van der Waals surface area contributed by atoms with Crippen molar-refractivity contribution >= 4 is 21.8 Å². The number of halogens is 1. The first-order valence-electron chi connectivity index (χ1n) is 14.2. The van der Waals surface area contributed by atoms with Crippen LogP contribution in [0.25, 0.3) is 0 Å². The molecule has 0 bridgehead atoms. The summed E-state index contributed by atoms with van der Waals surface area (Å²) in [5.41, 5.74) is 2.41. The summed E-state index contributed by atoms with van der Waals surface area (Å²) in [4.78, 5) is 29.0. The number of carbonyl (C=O) groups excluding carboxylic acids is 2. The molecule has 0 unspecified atom stereocenters. The van der Waals surface area contributed by atoms with Gasteiger partial charge in [0.05, 0.1) is 11.5 Å². The Hall–Kier alpha value is -3.60. The molecule has 1 atom stereocenters. The normalized spacial score (nSPS) is 14.4. The fraction of sp³-hybridized carbons (Fsp3) is 0.375. The first-order chi connectivity index (χ1) is 20.3. The highest BCUT2D eigenvalue weighted by Gasteiger charge is 2.30. The summed E-state index contributed by atoms with van der Waals surface area (Å²) in [5.74, 6) is -0.927. The summed E-state index contributed by atoms with van der Waals surface area (Å²) in [7, 11) is -1.97. The van der Waals surface area contributed by atoms with Crippen molar-refractivity contribution in [1.82, 2.24) is 14.5 Å². The quantitative estimate of drug-likeness (QED) is 0.285. The Labute approximate surface area is 247 Å². The molecule has 0 saturated carbocycles. The van der Waals surface area contributed by atoms with Crippen molar-refractivity contribution in [2.75, 3.05) is 33.4 Å². The minimum Gasteiger partial charge on any atom is -0.383 e. The van der Waals surface area contributed by atoms with Gasteiger partial charge >= 0.3 is 0 Å². The molecule has 1 aliphatic heterocycles. The molecule has 42 heavy (non-hydrogen) atoms. The van der Waals surface area contributed by atoms with Gasteiger partial charge in [-0.3, -0.25) is 9.59 Å². The van der Waals surface area contributed by atoms with Crippen molar-refractivity contribution in [2.24, 2.45) is 0 Å². The van der Waals surface area contributed by atoms with Crippen molar-refractivity contribution in [3.63, 3.8) is 0 Å². The number of nitrogens with one attached hydrogen (secondary N) is 1. The Kier molecular flexibility index (Phi) is 11.2. The summed E-state index contributed by atoms with van der Waals surface area (Å²) in [5, 5.41) is 2.87. The number of aryl methyl sites for hydroxylation is 1. The van der Waals surface area contributed by atoms with E-state index in [0.717, 1.165) is 24.0 Å². The molecule has 1 saturated heterocycles. The molecule has 4 rings (SSSR count). The molecule has 0 radical (unpaired) electrons.